The normalized spacial score (nSPS) is 22.0. The van der Waals surface area contributed by atoms with E-state index in [1.807, 2.05) is 54.6 Å². The maximum atomic E-state index is 12.6. The molecular weight excluding hydrogens is 402 g/mol. The molecule has 0 spiro atoms. The number of hydrogen-bond acceptors (Lipinski definition) is 5. The third-order valence-electron chi connectivity index (χ3n) is 5.65. The molecule has 1 fully saturated rings. The average Bonchev–Trinajstić information content (AvgIpc) is 3.24. The van der Waals surface area contributed by atoms with Crippen LogP contribution in [0.2, 0.25) is 0 Å². The van der Waals surface area contributed by atoms with E-state index in [4.69, 9.17) is 0 Å². The van der Waals surface area contributed by atoms with Crippen LogP contribution in [0, 0.1) is 0 Å². The summed E-state index contributed by atoms with van der Waals surface area (Å²) in [4.78, 5) is 18.8. The average molecular weight is 426 g/mol. The number of para-hydroxylation sites is 1. The third-order valence-corrected chi connectivity index (χ3v) is 7.41. The zero-order valence-electron chi connectivity index (χ0n) is 16.1. The first-order valence-electron chi connectivity index (χ1n) is 9.77. The van der Waals surface area contributed by atoms with Gasteiger partial charge in [-0.1, -0.05) is 24.3 Å². The Bertz CT molecular complexity index is 1300. The van der Waals surface area contributed by atoms with E-state index in [0.29, 0.717) is 12.1 Å². The topological polar surface area (TPSA) is 121 Å². The number of aliphatic hydroxyl groups is 1. The molecule has 2 aromatic carbocycles. The summed E-state index contributed by atoms with van der Waals surface area (Å²) in [5, 5.41) is 15.2. The van der Waals surface area contributed by atoms with Crippen LogP contribution in [0.25, 0.3) is 33.1 Å². The lowest BCUT2D eigenvalue weighted by atomic mass is 10.1. The van der Waals surface area contributed by atoms with Gasteiger partial charge in [-0.3, -0.25) is 13.9 Å². The summed E-state index contributed by atoms with van der Waals surface area (Å²) in [6.07, 6.45) is -0.753. The van der Waals surface area contributed by atoms with E-state index in [9.17, 15) is 19.0 Å². The molecular formula is C22H23N3O4S. The second-order valence-electron chi connectivity index (χ2n) is 7.89. The zero-order chi connectivity index (χ0) is 20.9. The van der Waals surface area contributed by atoms with Crippen molar-refractivity contribution in [2.24, 2.45) is 0 Å². The van der Waals surface area contributed by atoms with Crippen molar-refractivity contribution < 1.29 is 14.2 Å². The number of aliphatic hydroxyl groups excluding tert-OH is 1. The molecule has 7 nitrogen and oxygen atoms in total. The molecule has 0 saturated carbocycles. The number of pyridine rings is 1. The van der Waals surface area contributed by atoms with Crippen molar-refractivity contribution >= 4 is 32.4 Å². The van der Waals surface area contributed by atoms with Gasteiger partial charge < -0.3 is 20.4 Å². The van der Waals surface area contributed by atoms with Gasteiger partial charge in [-0.05, 0) is 41.3 Å². The Hall–Kier alpha value is -2.62. The molecule has 1 aliphatic rings. The molecule has 1 aliphatic heterocycles. The summed E-state index contributed by atoms with van der Waals surface area (Å²) in [6, 6.07) is 17.2. The van der Waals surface area contributed by atoms with Gasteiger partial charge in [0.25, 0.3) is 5.56 Å². The minimum absolute atomic E-state index is 0.0329. The molecule has 156 valence electrons. The lowest BCUT2D eigenvalue weighted by molar-refractivity contribution is 0.165. The van der Waals surface area contributed by atoms with Crippen molar-refractivity contribution in [3.8, 4) is 11.3 Å². The molecule has 0 aliphatic carbocycles. The maximum absolute atomic E-state index is 12.6. The van der Waals surface area contributed by atoms with Crippen molar-refractivity contribution in [3.63, 3.8) is 0 Å². The standard InChI is InChI=1S/C22H23N3O4S/c26-21-12-30(28,29)11-20(21)23-10-13-5-6-18-15(7-13)9-19(24-18)16-8-14-3-1-2-4-17(14)25-22(16)27/h1-9,20-21,23-24,26,28-29H,10-12H2,(H,25,27)/t20-,21-/m0/s1. The number of rotatable bonds is 4. The van der Waals surface area contributed by atoms with Crippen LogP contribution >= 0.6 is 10.6 Å². The van der Waals surface area contributed by atoms with Gasteiger partial charge in [0.15, 0.2) is 0 Å². The summed E-state index contributed by atoms with van der Waals surface area (Å²) < 4.78 is 19.6. The summed E-state index contributed by atoms with van der Waals surface area (Å²) in [5.74, 6) is 0.209. The highest BCUT2D eigenvalue weighted by molar-refractivity contribution is 8.24. The number of H-pyrrole nitrogens is 2. The molecule has 2 aromatic heterocycles. The molecule has 6 N–H and O–H groups in total. The fourth-order valence-electron chi connectivity index (χ4n) is 4.08. The number of fused-ring (bicyclic) bond motifs is 2. The largest absolute Gasteiger partial charge is 0.390 e. The highest BCUT2D eigenvalue weighted by Gasteiger charge is 2.36. The molecule has 30 heavy (non-hydrogen) atoms. The van der Waals surface area contributed by atoms with Gasteiger partial charge in [0.1, 0.15) is 0 Å². The van der Waals surface area contributed by atoms with Gasteiger partial charge >= 0.3 is 0 Å². The lowest BCUT2D eigenvalue weighted by Gasteiger charge is -2.25. The molecule has 2 atom stereocenters. The second kappa shape index (κ2) is 7.26. The number of aromatic amines is 2. The van der Waals surface area contributed by atoms with Gasteiger partial charge in [0, 0.05) is 23.0 Å². The van der Waals surface area contributed by atoms with Crippen molar-refractivity contribution in [1.29, 1.82) is 0 Å². The number of nitrogens with one attached hydrogen (secondary N) is 3. The monoisotopic (exact) mass is 425 g/mol. The van der Waals surface area contributed by atoms with Crippen LogP contribution in [-0.4, -0.2) is 47.8 Å². The molecule has 0 radical (unpaired) electrons. The van der Waals surface area contributed by atoms with Crippen LogP contribution in [0.1, 0.15) is 5.56 Å². The predicted octanol–water partition coefficient (Wildman–Crippen LogP) is 3.26. The SMILES string of the molecule is O=c1[nH]c2ccccc2cc1-c1cc2cc(CN[C@H]3CS(O)(O)C[C@@H]3O)ccc2[nH]1. The highest BCUT2D eigenvalue weighted by atomic mass is 32.3. The first-order valence-corrected chi connectivity index (χ1v) is 11.7. The van der Waals surface area contributed by atoms with Crippen LogP contribution in [0.4, 0.5) is 0 Å². The smallest absolute Gasteiger partial charge is 0.257 e. The first-order chi connectivity index (χ1) is 14.4. The fraction of sp³-hybridized carbons (Fsp3) is 0.227. The van der Waals surface area contributed by atoms with Crippen LogP contribution in [0.15, 0.2) is 59.4 Å². The van der Waals surface area contributed by atoms with Gasteiger partial charge in [0.05, 0.1) is 34.9 Å². The first kappa shape index (κ1) is 19.3. The summed E-state index contributed by atoms with van der Waals surface area (Å²) in [5.41, 5.74) is 3.94. The van der Waals surface area contributed by atoms with E-state index in [2.05, 4.69) is 15.3 Å². The van der Waals surface area contributed by atoms with E-state index in [1.54, 1.807) is 0 Å². The van der Waals surface area contributed by atoms with Crippen molar-refractivity contribution in [2.75, 3.05) is 11.5 Å². The number of hydrogen-bond donors (Lipinski definition) is 6. The molecule has 8 heteroatoms. The van der Waals surface area contributed by atoms with Gasteiger partial charge in [-0.2, -0.15) is 10.6 Å². The molecule has 0 unspecified atom stereocenters. The minimum Gasteiger partial charge on any atom is -0.390 e. The number of benzene rings is 2. The van der Waals surface area contributed by atoms with Crippen molar-refractivity contribution in [2.45, 2.75) is 18.7 Å². The van der Waals surface area contributed by atoms with E-state index >= 15 is 0 Å². The van der Waals surface area contributed by atoms with Crippen molar-refractivity contribution in [1.82, 2.24) is 15.3 Å². The predicted molar refractivity (Wildman–Crippen MR) is 121 cm³/mol. The Labute approximate surface area is 174 Å². The molecule has 5 rings (SSSR count). The van der Waals surface area contributed by atoms with Gasteiger partial charge in [-0.15, -0.1) is 0 Å². The second-order valence-corrected chi connectivity index (χ2v) is 10.2. The molecule has 0 amide bonds. The summed E-state index contributed by atoms with van der Waals surface area (Å²) in [6.45, 7) is 0.504. The summed E-state index contributed by atoms with van der Waals surface area (Å²) in [7, 11) is -2.68. The molecule has 4 aromatic rings. The Morgan fingerprint density at radius 2 is 1.77 bits per heavy atom. The third kappa shape index (κ3) is 3.64. The van der Waals surface area contributed by atoms with E-state index in [-0.39, 0.29) is 23.1 Å². The lowest BCUT2D eigenvalue weighted by Crippen LogP contribution is -2.38. The number of aromatic nitrogens is 2. The van der Waals surface area contributed by atoms with E-state index in [1.165, 1.54) is 0 Å². The van der Waals surface area contributed by atoms with Crippen molar-refractivity contribution in [3.05, 3.63) is 70.5 Å². The summed E-state index contributed by atoms with van der Waals surface area (Å²) >= 11 is 0. The quantitative estimate of drug-likeness (QED) is 0.300. The van der Waals surface area contributed by atoms with Crippen LogP contribution in [-0.2, 0) is 6.54 Å². The van der Waals surface area contributed by atoms with Gasteiger partial charge in [-0.25, -0.2) is 0 Å². The van der Waals surface area contributed by atoms with E-state index in [0.717, 1.165) is 33.1 Å². The van der Waals surface area contributed by atoms with Gasteiger partial charge in [0.2, 0.25) is 0 Å². The Kier molecular flexibility index (Phi) is 4.68. The molecule has 1 saturated heterocycles. The maximum Gasteiger partial charge on any atom is 0.257 e. The fourth-order valence-corrected chi connectivity index (χ4v) is 5.92. The Morgan fingerprint density at radius 3 is 2.57 bits per heavy atom. The molecule has 0 bridgehead atoms. The van der Waals surface area contributed by atoms with Crippen LogP contribution in [0.5, 0.6) is 0 Å². The van der Waals surface area contributed by atoms with E-state index < -0.39 is 16.7 Å². The van der Waals surface area contributed by atoms with Crippen LogP contribution < -0.4 is 10.9 Å². The minimum atomic E-state index is -2.68. The zero-order valence-corrected chi connectivity index (χ0v) is 16.9. The Balaban J connectivity index is 1.41. The Morgan fingerprint density at radius 1 is 0.967 bits per heavy atom. The highest BCUT2D eigenvalue weighted by Crippen LogP contribution is 2.45. The van der Waals surface area contributed by atoms with Crippen LogP contribution in [0.3, 0.4) is 0 Å². The molecule has 3 heterocycles.